The van der Waals surface area contributed by atoms with Gasteiger partial charge in [-0.15, -0.1) is 0 Å². The lowest BCUT2D eigenvalue weighted by Crippen LogP contribution is -2.69. The van der Waals surface area contributed by atoms with Crippen molar-refractivity contribution in [2.75, 3.05) is 16.8 Å². The Balaban J connectivity index is 1.85. The first-order chi connectivity index (χ1) is 13.4. The second kappa shape index (κ2) is 6.48. The molecule has 1 atom stereocenters. The first-order valence-corrected chi connectivity index (χ1v) is 9.53. The van der Waals surface area contributed by atoms with Crippen LogP contribution in [-0.4, -0.2) is 34.8 Å². The zero-order valence-corrected chi connectivity index (χ0v) is 16.3. The van der Waals surface area contributed by atoms with Gasteiger partial charge in [0, 0.05) is 25.1 Å². The van der Waals surface area contributed by atoms with Crippen molar-refractivity contribution >= 4 is 29.1 Å². The minimum Gasteiger partial charge on any atom is -0.322 e. The summed E-state index contributed by atoms with van der Waals surface area (Å²) in [5.74, 6) is -0.716. The Hall–Kier alpha value is -3.15. The number of carbonyl (C=O) groups is 3. The van der Waals surface area contributed by atoms with Crippen LogP contribution in [0.4, 0.5) is 11.4 Å². The minimum absolute atomic E-state index is 0.144. The van der Waals surface area contributed by atoms with Gasteiger partial charge in [0.15, 0.2) is 0 Å². The lowest BCUT2D eigenvalue weighted by Gasteiger charge is -2.48. The van der Waals surface area contributed by atoms with Crippen molar-refractivity contribution in [2.24, 2.45) is 0 Å². The fourth-order valence-corrected chi connectivity index (χ4v) is 4.32. The fraction of sp³-hybridized carbons (Fsp3) is 0.318. The maximum Gasteiger partial charge on any atom is 0.271 e. The predicted molar refractivity (Wildman–Crippen MR) is 107 cm³/mol. The van der Waals surface area contributed by atoms with E-state index in [2.05, 4.69) is 5.32 Å². The molecule has 0 aromatic heterocycles. The number of nitrogens with one attached hydrogen (secondary N) is 1. The van der Waals surface area contributed by atoms with Crippen molar-refractivity contribution in [1.82, 2.24) is 4.90 Å². The quantitative estimate of drug-likeness (QED) is 0.893. The first kappa shape index (κ1) is 18.2. The van der Waals surface area contributed by atoms with Crippen LogP contribution in [0.5, 0.6) is 0 Å². The summed E-state index contributed by atoms with van der Waals surface area (Å²) in [7, 11) is 0. The van der Waals surface area contributed by atoms with Crippen LogP contribution >= 0.6 is 0 Å². The monoisotopic (exact) mass is 377 g/mol. The third-order valence-electron chi connectivity index (χ3n) is 5.91. The molecule has 4 rings (SSSR count). The number of amides is 3. The molecular weight excluding hydrogens is 354 g/mol. The van der Waals surface area contributed by atoms with Gasteiger partial charge < -0.3 is 10.2 Å². The van der Waals surface area contributed by atoms with Crippen LogP contribution in [0.25, 0.3) is 0 Å². The molecule has 1 N–H and O–H groups in total. The summed E-state index contributed by atoms with van der Waals surface area (Å²) in [6.45, 7) is 6.09. The standard InChI is InChI=1S/C22H23N3O3/c1-4-24-20(27)16-9-5-6-11-18(16)25-19(26)12-13-22(24,25)21(28)23-17-10-7-8-14(2)15(17)3/h5-11H,4,12-13H2,1-3H3,(H,23,28). The van der Waals surface area contributed by atoms with E-state index >= 15 is 0 Å². The molecule has 0 radical (unpaired) electrons. The van der Waals surface area contributed by atoms with Gasteiger partial charge in [0.2, 0.25) is 11.6 Å². The molecule has 6 heteroatoms. The Morgan fingerprint density at radius 1 is 1.11 bits per heavy atom. The van der Waals surface area contributed by atoms with Gasteiger partial charge in [-0.2, -0.15) is 0 Å². The number of anilines is 2. The summed E-state index contributed by atoms with van der Waals surface area (Å²) >= 11 is 0. The molecule has 0 saturated carbocycles. The summed E-state index contributed by atoms with van der Waals surface area (Å²) in [6, 6.07) is 12.7. The van der Waals surface area contributed by atoms with Gasteiger partial charge in [0.05, 0.1) is 11.3 Å². The zero-order chi connectivity index (χ0) is 20.1. The number of nitrogens with zero attached hydrogens (tertiary/aromatic N) is 2. The first-order valence-electron chi connectivity index (χ1n) is 9.53. The minimum atomic E-state index is -1.34. The number of rotatable bonds is 3. The summed E-state index contributed by atoms with van der Waals surface area (Å²) in [4.78, 5) is 42.7. The number of benzene rings is 2. The molecule has 1 unspecified atom stereocenters. The summed E-state index contributed by atoms with van der Waals surface area (Å²) in [6.07, 6.45) is 0.495. The molecule has 0 bridgehead atoms. The Bertz CT molecular complexity index is 1000. The molecule has 2 aromatic rings. The molecule has 28 heavy (non-hydrogen) atoms. The smallest absolute Gasteiger partial charge is 0.271 e. The SMILES string of the molecule is CCN1C(=O)c2ccccc2N2C(=O)CCC12C(=O)Nc1cccc(C)c1C. The van der Waals surface area contributed by atoms with Crippen molar-refractivity contribution in [1.29, 1.82) is 0 Å². The Kier molecular flexibility index (Phi) is 4.22. The van der Waals surface area contributed by atoms with E-state index in [1.54, 1.807) is 24.3 Å². The van der Waals surface area contributed by atoms with Crippen molar-refractivity contribution < 1.29 is 14.4 Å². The van der Waals surface area contributed by atoms with Crippen LogP contribution in [0.15, 0.2) is 42.5 Å². The average molecular weight is 377 g/mol. The summed E-state index contributed by atoms with van der Waals surface area (Å²) in [5.41, 5.74) is 2.35. The van der Waals surface area contributed by atoms with Crippen molar-refractivity contribution in [3.8, 4) is 0 Å². The maximum atomic E-state index is 13.6. The van der Waals surface area contributed by atoms with Gasteiger partial charge in [0.1, 0.15) is 0 Å². The van der Waals surface area contributed by atoms with E-state index in [4.69, 9.17) is 0 Å². The van der Waals surface area contributed by atoms with E-state index in [0.29, 0.717) is 23.5 Å². The average Bonchev–Trinajstić information content (AvgIpc) is 3.04. The second-order valence-electron chi connectivity index (χ2n) is 7.31. The molecule has 144 valence electrons. The molecule has 0 spiro atoms. The highest BCUT2D eigenvalue weighted by Gasteiger charge is 2.60. The van der Waals surface area contributed by atoms with E-state index in [-0.39, 0.29) is 30.6 Å². The number of aryl methyl sites for hydroxylation is 1. The van der Waals surface area contributed by atoms with Gasteiger partial charge in [-0.25, -0.2) is 0 Å². The normalized spacial score (nSPS) is 20.8. The molecular formula is C22H23N3O3. The lowest BCUT2D eigenvalue weighted by atomic mass is 9.95. The fourth-order valence-electron chi connectivity index (χ4n) is 4.32. The topological polar surface area (TPSA) is 69.7 Å². The number of carbonyl (C=O) groups excluding carboxylic acids is 3. The maximum absolute atomic E-state index is 13.6. The van der Waals surface area contributed by atoms with Crippen LogP contribution in [-0.2, 0) is 9.59 Å². The zero-order valence-electron chi connectivity index (χ0n) is 16.3. The highest BCUT2D eigenvalue weighted by molar-refractivity contribution is 6.18. The molecule has 1 fully saturated rings. The molecule has 0 aliphatic carbocycles. The highest BCUT2D eigenvalue weighted by atomic mass is 16.2. The Morgan fingerprint density at radius 3 is 2.61 bits per heavy atom. The molecule has 6 nitrogen and oxygen atoms in total. The Labute approximate surface area is 164 Å². The number of hydrogen-bond donors (Lipinski definition) is 1. The van der Waals surface area contributed by atoms with Gasteiger partial charge in [-0.05, 0) is 50.1 Å². The Morgan fingerprint density at radius 2 is 1.86 bits per heavy atom. The summed E-state index contributed by atoms with van der Waals surface area (Å²) < 4.78 is 0. The van der Waals surface area contributed by atoms with Crippen LogP contribution in [0, 0.1) is 13.8 Å². The third kappa shape index (κ3) is 2.37. The summed E-state index contributed by atoms with van der Waals surface area (Å²) in [5, 5.41) is 2.99. The molecule has 2 aliphatic heterocycles. The molecule has 3 amide bonds. The van der Waals surface area contributed by atoms with Gasteiger partial charge in [-0.1, -0.05) is 24.3 Å². The molecule has 2 aliphatic rings. The predicted octanol–water partition coefficient (Wildman–Crippen LogP) is 3.24. The number of hydrogen-bond acceptors (Lipinski definition) is 3. The van der Waals surface area contributed by atoms with Crippen molar-refractivity contribution in [3.05, 3.63) is 59.2 Å². The number of likely N-dealkylation sites (N-methyl/N-ethyl adjacent to an activating group) is 1. The van der Waals surface area contributed by atoms with Crippen LogP contribution < -0.4 is 10.2 Å². The molecule has 2 heterocycles. The molecule has 1 saturated heterocycles. The molecule has 2 aromatic carbocycles. The van der Waals surface area contributed by atoms with E-state index in [9.17, 15) is 14.4 Å². The van der Waals surface area contributed by atoms with Crippen LogP contribution in [0.3, 0.4) is 0 Å². The van der Waals surface area contributed by atoms with E-state index in [1.807, 2.05) is 39.0 Å². The number of para-hydroxylation sites is 1. The van der Waals surface area contributed by atoms with Crippen molar-refractivity contribution in [2.45, 2.75) is 39.3 Å². The number of fused-ring (bicyclic) bond motifs is 3. The van der Waals surface area contributed by atoms with Gasteiger partial charge in [0.25, 0.3) is 11.8 Å². The van der Waals surface area contributed by atoms with Crippen molar-refractivity contribution in [3.63, 3.8) is 0 Å². The highest BCUT2D eigenvalue weighted by Crippen LogP contribution is 2.44. The van der Waals surface area contributed by atoms with Crippen LogP contribution in [0.1, 0.15) is 41.3 Å². The van der Waals surface area contributed by atoms with Gasteiger partial charge >= 0.3 is 0 Å². The lowest BCUT2D eigenvalue weighted by molar-refractivity contribution is -0.128. The van der Waals surface area contributed by atoms with E-state index < -0.39 is 5.66 Å². The van der Waals surface area contributed by atoms with Gasteiger partial charge in [-0.3, -0.25) is 19.3 Å². The third-order valence-corrected chi connectivity index (χ3v) is 5.91. The largest absolute Gasteiger partial charge is 0.322 e. The second-order valence-corrected chi connectivity index (χ2v) is 7.31. The van der Waals surface area contributed by atoms with E-state index in [0.717, 1.165) is 11.1 Å². The van der Waals surface area contributed by atoms with Crippen LogP contribution in [0.2, 0.25) is 0 Å². The van der Waals surface area contributed by atoms with E-state index in [1.165, 1.54) is 9.80 Å².